The summed E-state index contributed by atoms with van der Waals surface area (Å²) in [6.45, 7) is 2.77. The van der Waals surface area contributed by atoms with Crippen molar-refractivity contribution in [3.05, 3.63) is 95.9 Å². The van der Waals surface area contributed by atoms with Crippen LogP contribution >= 0.6 is 0 Å². The molecule has 0 aliphatic rings. The molecule has 32 heavy (non-hydrogen) atoms. The van der Waals surface area contributed by atoms with E-state index in [1.54, 1.807) is 0 Å². The van der Waals surface area contributed by atoms with Crippen LogP contribution in [0.3, 0.4) is 0 Å². The molecule has 1 N–H and O–H groups in total. The lowest BCUT2D eigenvalue weighted by Crippen LogP contribution is -2.06. The van der Waals surface area contributed by atoms with Gasteiger partial charge in [-0.05, 0) is 65.6 Å². The minimum atomic E-state index is 0.619. The highest BCUT2D eigenvalue weighted by Crippen LogP contribution is 2.30. The Bertz CT molecular complexity index is 1480. The molecule has 5 heteroatoms. The first-order chi connectivity index (χ1) is 15.7. The Hall–Kier alpha value is -4.30. The van der Waals surface area contributed by atoms with Crippen LogP contribution in [-0.4, -0.2) is 15.0 Å². The molecule has 0 spiro atoms. The zero-order valence-electron chi connectivity index (χ0n) is 17.7. The van der Waals surface area contributed by atoms with Gasteiger partial charge in [0.1, 0.15) is 5.82 Å². The van der Waals surface area contributed by atoms with Gasteiger partial charge in [-0.3, -0.25) is 9.97 Å². The van der Waals surface area contributed by atoms with E-state index in [9.17, 15) is 0 Å². The summed E-state index contributed by atoms with van der Waals surface area (Å²) in [6.07, 6.45) is 6.39. The Balaban J connectivity index is 1.44. The van der Waals surface area contributed by atoms with E-state index >= 15 is 0 Å². The van der Waals surface area contributed by atoms with Gasteiger partial charge < -0.3 is 5.32 Å². The maximum Gasteiger partial charge on any atom is 0.129 e. The zero-order chi connectivity index (χ0) is 21.9. The van der Waals surface area contributed by atoms with Gasteiger partial charge in [-0.2, -0.15) is 5.26 Å². The van der Waals surface area contributed by atoms with Crippen LogP contribution in [0.25, 0.3) is 32.9 Å². The standard InChI is InChI=1S/C27H21N5/c1-2-23-24(20-7-8-25-21(14-20)4-3-10-29-25)9-11-30-27(23)32-17-19-12-22-6-5-18(15-28)13-26(22)31-16-19/h3-14,16H,2,17H2,1H3,(H,30,32). The summed E-state index contributed by atoms with van der Waals surface area (Å²) in [5.74, 6) is 0.885. The highest BCUT2D eigenvalue weighted by atomic mass is 15.0. The van der Waals surface area contributed by atoms with E-state index in [0.29, 0.717) is 12.1 Å². The van der Waals surface area contributed by atoms with E-state index in [-0.39, 0.29) is 0 Å². The van der Waals surface area contributed by atoms with Gasteiger partial charge in [0.25, 0.3) is 0 Å². The van der Waals surface area contributed by atoms with Crippen LogP contribution in [0.15, 0.2) is 79.3 Å². The molecule has 5 nitrogen and oxygen atoms in total. The number of hydrogen-bond donors (Lipinski definition) is 1. The molecule has 0 aliphatic heterocycles. The molecule has 0 bridgehead atoms. The first-order valence-electron chi connectivity index (χ1n) is 10.6. The van der Waals surface area contributed by atoms with Crippen LogP contribution in [0, 0.1) is 11.3 Å². The van der Waals surface area contributed by atoms with Crippen LogP contribution in [0.2, 0.25) is 0 Å². The molecule has 0 saturated carbocycles. The fourth-order valence-electron chi connectivity index (χ4n) is 4.04. The second-order valence-corrected chi connectivity index (χ2v) is 7.67. The van der Waals surface area contributed by atoms with Crippen LogP contribution < -0.4 is 5.32 Å². The monoisotopic (exact) mass is 415 g/mol. The average Bonchev–Trinajstić information content (AvgIpc) is 2.86. The summed E-state index contributed by atoms with van der Waals surface area (Å²) in [6, 6.07) is 22.3. The lowest BCUT2D eigenvalue weighted by atomic mass is 9.97. The number of nitrogens with zero attached hydrogens (tertiary/aromatic N) is 4. The molecule has 3 heterocycles. The van der Waals surface area contributed by atoms with Crippen LogP contribution in [0.5, 0.6) is 0 Å². The van der Waals surface area contributed by atoms with E-state index in [0.717, 1.165) is 45.2 Å². The molecular formula is C27H21N5. The van der Waals surface area contributed by atoms with Gasteiger partial charge in [0.2, 0.25) is 0 Å². The lowest BCUT2D eigenvalue weighted by Gasteiger charge is -2.15. The summed E-state index contributed by atoms with van der Waals surface area (Å²) in [7, 11) is 0. The number of pyridine rings is 3. The minimum absolute atomic E-state index is 0.619. The third-order valence-corrected chi connectivity index (χ3v) is 5.65. The molecule has 0 amide bonds. The number of benzene rings is 2. The fourth-order valence-corrected chi connectivity index (χ4v) is 4.04. The Morgan fingerprint density at radius 3 is 2.66 bits per heavy atom. The van der Waals surface area contributed by atoms with Crippen molar-refractivity contribution in [3.63, 3.8) is 0 Å². The summed E-state index contributed by atoms with van der Waals surface area (Å²) >= 11 is 0. The summed E-state index contributed by atoms with van der Waals surface area (Å²) in [4.78, 5) is 13.6. The van der Waals surface area contributed by atoms with Gasteiger partial charge in [0.05, 0.1) is 22.7 Å². The molecule has 0 saturated heterocycles. The van der Waals surface area contributed by atoms with Crippen molar-refractivity contribution in [2.75, 3.05) is 5.32 Å². The summed E-state index contributed by atoms with van der Waals surface area (Å²) in [5.41, 5.74) is 7.02. The average molecular weight is 416 g/mol. The third kappa shape index (κ3) is 3.75. The highest BCUT2D eigenvalue weighted by molar-refractivity contribution is 5.86. The Kier molecular flexibility index (Phi) is 5.19. The SMILES string of the molecule is CCc1c(-c2ccc3ncccc3c2)ccnc1NCc1cnc2cc(C#N)ccc2c1. The molecule has 3 aromatic heterocycles. The van der Waals surface area contributed by atoms with E-state index in [1.807, 2.05) is 42.9 Å². The molecule has 0 fully saturated rings. The number of fused-ring (bicyclic) bond motifs is 2. The first kappa shape index (κ1) is 19.7. The predicted octanol–water partition coefficient (Wildman–Crippen LogP) is 5.89. The van der Waals surface area contributed by atoms with Crippen molar-refractivity contribution in [1.29, 1.82) is 5.26 Å². The van der Waals surface area contributed by atoms with Crippen molar-refractivity contribution in [2.45, 2.75) is 19.9 Å². The van der Waals surface area contributed by atoms with Crippen LogP contribution in [-0.2, 0) is 13.0 Å². The second kappa shape index (κ2) is 8.44. The topological polar surface area (TPSA) is 74.5 Å². The van der Waals surface area contributed by atoms with Gasteiger partial charge in [-0.1, -0.05) is 25.1 Å². The quantitative estimate of drug-likeness (QED) is 0.387. The molecule has 0 atom stereocenters. The van der Waals surface area contributed by atoms with Crippen LogP contribution in [0.4, 0.5) is 5.82 Å². The van der Waals surface area contributed by atoms with Crippen molar-refractivity contribution in [3.8, 4) is 17.2 Å². The minimum Gasteiger partial charge on any atom is -0.366 e. The van der Waals surface area contributed by atoms with Gasteiger partial charge >= 0.3 is 0 Å². The summed E-state index contributed by atoms with van der Waals surface area (Å²) < 4.78 is 0. The van der Waals surface area contributed by atoms with Crippen LogP contribution in [0.1, 0.15) is 23.6 Å². The fraction of sp³-hybridized carbons (Fsp3) is 0.111. The maximum absolute atomic E-state index is 9.07. The Labute approximate surface area is 186 Å². The first-order valence-corrected chi connectivity index (χ1v) is 10.6. The molecule has 0 radical (unpaired) electrons. The van der Waals surface area contributed by atoms with Gasteiger partial charge in [-0.25, -0.2) is 4.98 Å². The van der Waals surface area contributed by atoms with E-state index in [1.165, 1.54) is 11.1 Å². The number of rotatable bonds is 5. The van der Waals surface area contributed by atoms with Crippen molar-refractivity contribution in [2.24, 2.45) is 0 Å². The smallest absolute Gasteiger partial charge is 0.129 e. The Morgan fingerprint density at radius 2 is 1.78 bits per heavy atom. The van der Waals surface area contributed by atoms with Crippen molar-refractivity contribution < 1.29 is 0 Å². The van der Waals surface area contributed by atoms with E-state index in [4.69, 9.17) is 5.26 Å². The Morgan fingerprint density at radius 1 is 0.875 bits per heavy atom. The second-order valence-electron chi connectivity index (χ2n) is 7.67. The molecule has 5 aromatic rings. The maximum atomic E-state index is 9.07. The third-order valence-electron chi connectivity index (χ3n) is 5.65. The number of nitriles is 1. The zero-order valence-corrected chi connectivity index (χ0v) is 17.7. The van der Waals surface area contributed by atoms with E-state index in [2.05, 4.69) is 69.7 Å². The number of anilines is 1. The number of aromatic nitrogens is 3. The lowest BCUT2D eigenvalue weighted by molar-refractivity contribution is 1.05. The largest absolute Gasteiger partial charge is 0.366 e. The number of hydrogen-bond acceptors (Lipinski definition) is 5. The molecule has 2 aromatic carbocycles. The predicted molar refractivity (Wildman–Crippen MR) is 128 cm³/mol. The van der Waals surface area contributed by atoms with Gasteiger partial charge in [-0.15, -0.1) is 0 Å². The van der Waals surface area contributed by atoms with Crippen molar-refractivity contribution in [1.82, 2.24) is 15.0 Å². The van der Waals surface area contributed by atoms with Crippen molar-refractivity contribution >= 4 is 27.6 Å². The summed E-state index contributed by atoms with van der Waals surface area (Å²) in [5, 5.41) is 14.7. The molecule has 0 aliphatic carbocycles. The van der Waals surface area contributed by atoms with E-state index < -0.39 is 0 Å². The van der Waals surface area contributed by atoms with Gasteiger partial charge in [0, 0.05) is 41.5 Å². The highest BCUT2D eigenvalue weighted by Gasteiger charge is 2.11. The molecule has 5 rings (SSSR count). The number of nitrogens with one attached hydrogen (secondary N) is 1. The normalized spacial score (nSPS) is 10.9. The molecular weight excluding hydrogens is 394 g/mol. The molecule has 0 unspecified atom stereocenters. The van der Waals surface area contributed by atoms with Gasteiger partial charge in [0.15, 0.2) is 0 Å². The molecule has 154 valence electrons.